The largest absolute Gasteiger partial charge is 0.491 e. The molecule has 1 N–H and O–H groups in total. The van der Waals surface area contributed by atoms with E-state index in [-0.39, 0.29) is 12.0 Å². The predicted molar refractivity (Wildman–Crippen MR) is 106 cm³/mol. The van der Waals surface area contributed by atoms with Crippen LogP contribution < -0.4 is 10.1 Å². The third-order valence-corrected chi connectivity index (χ3v) is 5.48. The maximum atomic E-state index is 12.7. The lowest BCUT2D eigenvalue weighted by Gasteiger charge is -2.31. The van der Waals surface area contributed by atoms with E-state index in [9.17, 15) is 4.79 Å². The van der Waals surface area contributed by atoms with Crippen molar-refractivity contribution in [3.05, 3.63) is 35.3 Å². The molecule has 0 aliphatic carbocycles. The molecule has 1 aliphatic rings. The average molecular weight is 374 g/mol. The maximum Gasteiger partial charge on any atom is 0.273 e. The summed E-state index contributed by atoms with van der Waals surface area (Å²) in [5.41, 5.74) is 1.57. The van der Waals surface area contributed by atoms with Crippen molar-refractivity contribution in [1.82, 2.24) is 15.2 Å². The number of thiazole rings is 1. The first-order valence-electron chi connectivity index (χ1n) is 9.23. The Morgan fingerprint density at radius 1 is 1.31 bits per heavy atom. The van der Waals surface area contributed by atoms with Crippen LogP contribution in [0.3, 0.4) is 0 Å². The van der Waals surface area contributed by atoms with Crippen LogP contribution in [0, 0.1) is 5.92 Å². The molecule has 2 aromatic rings. The summed E-state index contributed by atoms with van der Waals surface area (Å²) in [5.74, 6) is 1.57. The van der Waals surface area contributed by atoms with Crippen molar-refractivity contribution in [2.24, 2.45) is 5.92 Å². The van der Waals surface area contributed by atoms with E-state index in [2.05, 4.69) is 10.3 Å². The normalized spacial score (nSPS) is 15.5. The van der Waals surface area contributed by atoms with E-state index in [0.29, 0.717) is 11.6 Å². The van der Waals surface area contributed by atoms with Gasteiger partial charge in [-0.1, -0.05) is 0 Å². The predicted octanol–water partition coefficient (Wildman–Crippen LogP) is 3.67. The molecular weight excluding hydrogens is 346 g/mol. The van der Waals surface area contributed by atoms with E-state index < -0.39 is 0 Å². The number of hydrogen-bond donors (Lipinski definition) is 1. The Labute approximate surface area is 159 Å². The molecule has 0 radical (unpaired) electrons. The first-order valence-corrected chi connectivity index (χ1v) is 10.1. The van der Waals surface area contributed by atoms with Crippen LogP contribution in [0.15, 0.2) is 29.6 Å². The zero-order chi connectivity index (χ0) is 18.5. The fourth-order valence-corrected chi connectivity index (χ4v) is 4.04. The zero-order valence-corrected chi connectivity index (χ0v) is 16.5. The number of amides is 1. The van der Waals surface area contributed by atoms with Crippen molar-refractivity contribution >= 4 is 17.2 Å². The third-order valence-electron chi connectivity index (χ3n) is 4.59. The number of likely N-dealkylation sites (tertiary alicyclic amines) is 1. The lowest BCUT2D eigenvalue weighted by Crippen LogP contribution is -2.40. The van der Waals surface area contributed by atoms with E-state index >= 15 is 0 Å². The minimum absolute atomic E-state index is 0.0511. The fourth-order valence-electron chi connectivity index (χ4n) is 3.24. The van der Waals surface area contributed by atoms with Crippen LogP contribution in [-0.2, 0) is 0 Å². The second-order valence-corrected chi connectivity index (χ2v) is 7.88. The van der Waals surface area contributed by atoms with E-state index in [1.54, 1.807) is 0 Å². The summed E-state index contributed by atoms with van der Waals surface area (Å²) in [4.78, 5) is 19.2. The SMILES string of the molecule is CNCC1CCN(C(=O)c2csc(-c3ccc(OC(C)C)cc3)n2)CC1. The molecule has 3 rings (SSSR count). The first kappa shape index (κ1) is 18.9. The zero-order valence-electron chi connectivity index (χ0n) is 15.7. The number of rotatable bonds is 6. The van der Waals surface area contributed by atoms with Gasteiger partial charge in [0, 0.05) is 24.0 Å². The molecule has 0 bridgehead atoms. The minimum Gasteiger partial charge on any atom is -0.491 e. The fraction of sp³-hybridized carbons (Fsp3) is 0.500. The van der Waals surface area contributed by atoms with E-state index in [1.165, 1.54) is 11.3 Å². The van der Waals surface area contributed by atoms with E-state index in [1.807, 2.05) is 55.4 Å². The van der Waals surface area contributed by atoms with Gasteiger partial charge in [-0.2, -0.15) is 0 Å². The summed E-state index contributed by atoms with van der Waals surface area (Å²) in [6, 6.07) is 7.89. The van der Waals surface area contributed by atoms with E-state index in [0.717, 1.165) is 48.8 Å². The molecular formula is C20H27N3O2S. The molecule has 1 amide bonds. The maximum absolute atomic E-state index is 12.7. The van der Waals surface area contributed by atoms with Gasteiger partial charge in [0.25, 0.3) is 5.91 Å². The van der Waals surface area contributed by atoms with Crippen LogP contribution in [0.25, 0.3) is 10.6 Å². The van der Waals surface area contributed by atoms with Crippen molar-refractivity contribution in [2.45, 2.75) is 32.8 Å². The molecule has 0 spiro atoms. The van der Waals surface area contributed by atoms with Gasteiger partial charge in [-0.3, -0.25) is 4.79 Å². The molecule has 5 nitrogen and oxygen atoms in total. The van der Waals surface area contributed by atoms with Crippen LogP contribution >= 0.6 is 11.3 Å². The van der Waals surface area contributed by atoms with Crippen molar-refractivity contribution in [1.29, 1.82) is 0 Å². The molecule has 0 saturated carbocycles. The van der Waals surface area contributed by atoms with Gasteiger partial charge in [-0.25, -0.2) is 4.98 Å². The highest BCUT2D eigenvalue weighted by Gasteiger charge is 2.24. The second kappa shape index (κ2) is 8.64. The van der Waals surface area contributed by atoms with Crippen LogP contribution in [0.1, 0.15) is 37.2 Å². The molecule has 2 heterocycles. The van der Waals surface area contributed by atoms with Crippen LogP contribution in [0.5, 0.6) is 5.75 Å². The van der Waals surface area contributed by atoms with Gasteiger partial charge in [-0.05, 0) is 70.5 Å². The summed E-state index contributed by atoms with van der Waals surface area (Å²) in [7, 11) is 1.98. The van der Waals surface area contributed by atoms with Crippen molar-refractivity contribution in [3.8, 4) is 16.3 Å². The highest BCUT2D eigenvalue weighted by molar-refractivity contribution is 7.13. The second-order valence-electron chi connectivity index (χ2n) is 7.02. The lowest BCUT2D eigenvalue weighted by atomic mass is 9.97. The average Bonchev–Trinajstić information content (AvgIpc) is 3.12. The van der Waals surface area contributed by atoms with Gasteiger partial charge in [0.1, 0.15) is 16.5 Å². The summed E-state index contributed by atoms with van der Waals surface area (Å²) in [6.07, 6.45) is 2.27. The number of carbonyl (C=O) groups is 1. The molecule has 1 fully saturated rings. The van der Waals surface area contributed by atoms with Gasteiger partial charge in [0.05, 0.1) is 6.10 Å². The van der Waals surface area contributed by atoms with Gasteiger partial charge in [0.2, 0.25) is 0 Å². The molecule has 1 aliphatic heterocycles. The highest BCUT2D eigenvalue weighted by Crippen LogP contribution is 2.27. The quantitative estimate of drug-likeness (QED) is 0.839. The molecule has 1 saturated heterocycles. The van der Waals surface area contributed by atoms with Crippen LogP contribution in [-0.4, -0.2) is 48.6 Å². The Kier molecular flexibility index (Phi) is 6.27. The van der Waals surface area contributed by atoms with Crippen molar-refractivity contribution in [2.75, 3.05) is 26.7 Å². The number of ether oxygens (including phenoxy) is 1. The smallest absolute Gasteiger partial charge is 0.273 e. The Hall–Kier alpha value is -1.92. The summed E-state index contributed by atoms with van der Waals surface area (Å²) < 4.78 is 5.67. The molecule has 1 aromatic carbocycles. The van der Waals surface area contributed by atoms with Gasteiger partial charge in [0.15, 0.2) is 0 Å². The van der Waals surface area contributed by atoms with E-state index in [4.69, 9.17) is 4.74 Å². The molecule has 0 atom stereocenters. The van der Waals surface area contributed by atoms with Gasteiger partial charge >= 0.3 is 0 Å². The number of nitrogens with one attached hydrogen (secondary N) is 1. The standard InChI is InChI=1S/C20H27N3O2S/c1-14(2)25-17-6-4-16(5-7-17)19-22-18(13-26-19)20(24)23-10-8-15(9-11-23)12-21-3/h4-7,13-15,21H,8-12H2,1-3H3. The number of benzene rings is 1. The summed E-state index contributed by atoms with van der Waals surface area (Å²) in [5, 5.41) is 5.97. The number of aromatic nitrogens is 1. The van der Waals surface area contributed by atoms with Crippen LogP contribution in [0.4, 0.5) is 0 Å². The Balaban J connectivity index is 1.63. The number of hydrogen-bond acceptors (Lipinski definition) is 5. The number of nitrogens with zero attached hydrogens (tertiary/aromatic N) is 2. The Morgan fingerprint density at radius 2 is 2.00 bits per heavy atom. The molecule has 0 unspecified atom stereocenters. The highest BCUT2D eigenvalue weighted by atomic mass is 32.1. The summed E-state index contributed by atoms with van der Waals surface area (Å²) in [6.45, 7) is 6.68. The molecule has 6 heteroatoms. The lowest BCUT2D eigenvalue weighted by molar-refractivity contribution is 0.0686. The minimum atomic E-state index is 0.0511. The Bertz CT molecular complexity index is 719. The van der Waals surface area contributed by atoms with Crippen molar-refractivity contribution < 1.29 is 9.53 Å². The van der Waals surface area contributed by atoms with Crippen LogP contribution in [0.2, 0.25) is 0 Å². The number of carbonyl (C=O) groups excluding carboxylic acids is 1. The topological polar surface area (TPSA) is 54.5 Å². The van der Waals surface area contributed by atoms with Gasteiger partial charge in [-0.15, -0.1) is 11.3 Å². The third kappa shape index (κ3) is 4.62. The monoisotopic (exact) mass is 373 g/mol. The molecule has 140 valence electrons. The van der Waals surface area contributed by atoms with Gasteiger partial charge < -0.3 is 15.0 Å². The summed E-state index contributed by atoms with van der Waals surface area (Å²) >= 11 is 1.51. The first-order chi connectivity index (χ1) is 12.6. The Morgan fingerprint density at radius 3 is 2.62 bits per heavy atom. The molecule has 26 heavy (non-hydrogen) atoms. The molecule has 1 aromatic heterocycles. The van der Waals surface area contributed by atoms with Crippen molar-refractivity contribution in [3.63, 3.8) is 0 Å². The number of piperidine rings is 1.